The number of esters is 1. The predicted molar refractivity (Wildman–Crippen MR) is 53.4 cm³/mol. The minimum absolute atomic E-state index is 0.0462. The van der Waals surface area contributed by atoms with Crippen LogP contribution < -0.4 is 0 Å². The molecule has 0 spiro atoms. The molecule has 0 aliphatic rings. The number of rotatable bonds is 6. The normalized spacial score (nSPS) is 12.6. The fraction of sp³-hybridized carbons (Fsp3) is 0.889. The molecule has 0 rings (SSSR count). The minimum atomic E-state index is -0.0668. The summed E-state index contributed by atoms with van der Waals surface area (Å²) in [5, 5.41) is 0.714. The van der Waals surface area contributed by atoms with E-state index in [9.17, 15) is 4.79 Å². The van der Waals surface area contributed by atoms with Gasteiger partial charge in [0.25, 0.3) is 0 Å². The van der Waals surface area contributed by atoms with Crippen molar-refractivity contribution < 1.29 is 9.53 Å². The summed E-state index contributed by atoms with van der Waals surface area (Å²) in [4.78, 5) is 11.2. The first kappa shape index (κ1) is 11.9. The lowest BCUT2D eigenvalue weighted by Crippen LogP contribution is -2.18. The highest BCUT2D eigenvalue weighted by Crippen LogP contribution is 2.13. The Morgan fingerprint density at radius 2 is 2.17 bits per heavy atom. The summed E-state index contributed by atoms with van der Waals surface area (Å²) in [6, 6.07) is 0. The van der Waals surface area contributed by atoms with Crippen LogP contribution in [0.5, 0.6) is 0 Å². The van der Waals surface area contributed by atoms with E-state index >= 15 is 0 Å². The lowest BCUT2D eigenvalue weighted by molar-refractivity contribution is -0.147. The standard InChI is InChI=1S/C9H17BrO2/c1-3-5-6-8(7-10)9(11)12-4-2/h8H,3-7H2,1-2H3. The minimum Gasteiger partial charge on any atom is -0.466 e. The second-order valence-electron chi connectivity index (χ2n) is 2.75. The Bertz CT molecular complexity index is 126. The van der Waals surface area contributed by atoms with Gasteiger partial charge in [-0.1, -0.05) is 35.7 Å². The van der Waals surface area contributed by atoms with Crippen molar-refractivity contribution in [3.8, 4) is 0 Å². The van der Waals surface area contributed by atoms with Crippen LogP contribution in [0.3, 0.4) is 0 Å². The third-order valence-electron chi connectivity index (χ3n) is 1.71. The molecule has 0 aromatic rings. The van der Waals surface area contributed by atoms with Gasteiger partial charge in [0, 0.05) is 5.33 Å². The molecular formula is C9H17BrO2. The molecule has 1 atom stereocenters. The number of hydrogen-bond acceptors (Lipinski definition) is 2. The molecule has 3 heteroatoms. The molecule has 0 radical (unpaired) electrons. The summed E-state index contributed by atoms with van der Waals surface area (Å²) < 4.78 is 4.92. The quantitative estimate of drug-likeness (QED) is 0.524. The van der Waals surface area contributed by atoms with Crippen molar-refractivity contribution in [2.24, 2.45) is 5.92 Å². The van der Waals surface area contributed by atoms with Crippen molar-refractivity contribution in [3.63, 3.8) is 0 Å². The monoisotopic (exact) mass is 236 g/mol. The van der Waals surface area contributed by atoms with Gasteiger partial charge in [0.1, 0.15) is 0 Å². The average molecular weight is 237 g/mol. The summed E-state index contributed by atoms with van der Waals surface area (Å²) >= 11 is 3.32. The molecule has 0 bridgehead atoms. The third-order valence-corrected chi connectivity index (χ3v) is 2.49. The predicted octanol–water partition coefficient (Wildman–Crippen LogP) is 2.75. The van der Waals surface area contributed by atoms with Crippen LogP contribution in [0.15, 0.2) is 0 Å². The summed E-state index contributed by atoms with van der Waals surface area (Å²) in [7, 11) is 0. The van der Waals surface area contributed by atoms with Crippen molar-refractivity contribution >= 4 is 21.9 Å². The number of unbranched alkanes of at least 4 members (excludes halogenated alkanes) is 1. The first-order valence-corrected chi connectivity index (χ1v) is 5.61. The number of hydrogen-bond donors (Lipinski definition) is 0. The first-order chi connectivity index (χ1) is 5.76. The molecule has 0 saturated carbocycles. The van der Waals surface area contributed by atoms with Gasteiger partial charge < -0.3 is 4.74 Å². The Morgan fingerprint density at radius 3 is 2.58 bits per heavy atom. The first-order valence-electron chi connectivity index (χ1n) is 4.48. The largest absolute Gasteiger partial charge is 0.466 e. The highest BCUT2D eigenvalue weighted by atomic mass is 79.9. The third kappa shape index (κ3) is 4.75. The van der Waals surface area contributed by atoms with Crippen LogP contribution in [0, 0.1) is 5.92 Å². The molecule has 0 saturated heterocycles. The fourth-order valence-electron chi connectivity index (χ4n) is 0.969. The molecule has 0 aliphatic carbocycles. The van der Waals surface area contributed by atoms with E-state index in [0.29, 0.717) is 11.9 Å². The lowest BCUT2D eigenvalue weighted by atomic mass is 10.1. The van der Waals surface area contributed by atoms with Gasteiger partial charge in [0.05, 0.1) is 12.5 Å². The second-order valence-corrected chi connectivity index (χ2v) is 3.39. The molecule has 0 fully saturated rings. The van der Waals surface area contributed by atoms with Crippen molar-refractivity contribution in [3.05, 3.63) is 0 Å². The second kappa shape index (κ2) is 7.59. The molecule has 2 nitrogen and oxygen atoms in total. The van der Waals surface area contributed by atoms with Crippen molar-refractivity contribution in [2.75, 3.05) is 11.9 Å². The van der Waals surface area contributed by atoms with Gasteiger partial charge in [0.2, 0.25) is 0 Å². The number of carbonyl (C=O) groups excluding carboxylic acids is 1. The SMILES string of the molecule is CCCCC(CBr)C(=O)OCC. The fourth-order valence-corrected chi connectivity index (χ4v) is 1.56. The van der Waals surface area contributed by atoms with Crippen LogP contribution in [-0.4, -0.2) is 17.9 Å². The van der Waals surface area contributed by atoms with Gasteiger partial charge in [-0.3, -0.25) is 4.79 Å². The van der Waals surface area contributed by atoms with Gasteiger partial charge in [0.15, 0.2) is 0 Å². The topological polar surface area (TPSA) is 26.3 Å². The van der Waals surface area contributed by atoms with Crippen LogP contribution in [0.2, 0.25) is 0 Å². The van der Waals surface area contributed by atoms with E-state index in [2.05, 4.69) is 22.9 Å². The van der Waals surface area contributed by atoms with Crippen LogP contribution in [-0.2, 0) is 9.53 Å². The van der Waals surface area contributed by atoms with Gasteiger partial charge in [-0.2, -0.15) is 0 Å². The molecule has 72 valence electrons. The number of carbonyl (C=O) groups is 1. The molecule has 0 aromatic heterocycles. The molecule has 12 heavy (non-hydrogen) atoms. The lowest BCUT2D eigenvalue weighted by Gasteiger charge is -2.11. The van der Waals surface area contributed by atoms with E-state index in [1.165, 1.54) is 0 Å². The van der Waals surface area contributed by atoms with E-state index in [1.54, 1.807) is 0 Å². The summed E-state index contributed by atoms with van der Waals surface area (Å²) in [5.41, 5.74) is 0. The maximum Gasteiger partial charge on any atom is 0.309 e. The Labute approximate surface area is 82.8 Å². The number of halogens is 1. The molecule has 0 amide bonds. The zero-order valence-corrected chi connectivity index (χ0v) is 9.39. The maximum atomic E-state index is 11.2. The highest BCUT2D eigenvalue weighted by molar-refractivity contribution is 9.09. The van der Waals surface area contributed by atoms with Gasteiger partial charge in [-0.05, 0) is 13.3 Å². The zero-order chi connectivity index (χ0) is 9.40. The van der Waals surface area contributed by atoms with Crippen LogP contribution >= 0.6 is 15.9 Å². The summed E-state index contributed by atoms with van der Waals surface area (Å²) in [6.07, 6.45) is 3.15. The van der Waals surface area contributed by atoms with Gasteiger partial charge >= 0.3 is 5.97 Å². The Hall–Kier alpha value is -0.0500. The van der Waals surface area contributed by atoms with E-state index in [0.717, 1.165) is 19.3 Å². The molecular weight excluding hydrogens is 220 g/mol. The molecule has 0 heterocycles. The van der Waals surface area contributed by atoms with E-state index in [4.69, 9.17) is 4.74 Å². The molecule has 1 unspecified atom stereocenters. The van der Waals surface area contributed by atoms with Crippen molar-refractivity contribution in [1.82, 2.24) is 0 Å². The maximum absolute atomic E-state index is 11.2. The van der Waals surface area contributed by atoms with Crippen LogP contribution in [0.4, 0.5) is 0 Å². The Balaban J connectivity index is 3.71. The van der Waals surface area contributed by atoms with Crippen LogP contribution in [0.25, 0.3) is 0 Å². The van der Waals surface area contributed by atoms with E-state index in [-0.39, 0.29) is 11.9 Å². The Kier molecular flexibility index (Phi) is 7.56. The highest BCUT2D eigenvalue weighted by Gasteiger charge is 2.16. The van der Waals surface area contributed by atoms with Crippen molar-refractivity contribution in [2.45, 2.75) is 33.1 Å². The van der Waals surface area contributed by atoms with E-state index in [1.807, 2.05) is 6.92 Å². The summed E-state index contributed by atoms with van der Waals surface area (Å²) in [6.45, 7) is 4.44. The van der Waals surface area contributed by atoms with Gasteiger partial charge in [-0.25, -0.2) is 0 Å². The van der Waals surface area contributed by atoms with Crippen LogP contribution in [0.1, 0.15) is 33.1 Å². The molecule has 0 aliphatic heterocycles. The van der Waals surface area contributed by atoms with E-state index < -0.39 is 0 Å². The number of ether oxygens (including phenoxy) is 1. The smallest absolute Gasteiger partial charge is 0.309 e. The molecule has 0 N–H and O–H groups in total. The summed E-state index contributed by atoms with van der Waals surface area (Å²) in [5.74, 6) is -0.0206. The Morgan fingerprint density at radius 1 is 1.50 bits per heavy atom. The number of alkyl halides is 1. The average Bonchev–Trinajstić information content (AvgIpc) is 2.06. The molecule has 0 aromatic carbocycles. The van der Waals surface area contributed by atoms with Crippen molar-refractivity contribution in [1.29, 1.82) is 0 Å². The zero-order valence-electron chi connectivity index (χ0n) is 7.81. The van der Waals surface area contributed by atoms with Gasteiger partial charge in [-0.15, -0.1) is 0 Å².